The van der Waals surface area contributed by atoms with Crippen LogP contribution in [0.3, 0.4) is 0 Å². The fourth-order valence-electron chi connectivity index (χ4n) is 3.51. The topological polar surface area (TPSA) is 49.6 Å². The number of hydrogen-bond donors (Lipinski definition) is 1. The van der Waals surface area contributed by atoms with Crippen molar-refractivity contribution < 1.29 is 4.79 Å². The molecule has 2 saturated heterocycles. The minimum atomic E-state index is 0.145. The lowest BCUT2D eigenvalue weighted by atomic mass is 9.91. The number of amides is 1. The maximum absolute atomic E-state index is 12.7. The molecule has 0 aliphatic carbocycles. The first kappa shape index (κ1) is 14.8. The fourth-order valence-corrected chi connectivity index (χ4v) is 3.51. The quantitative estimate of drug-likeness (QED) is 0.838. The Morgan fingerprint density at radius 2 is 2.05 bits per heavy atom. The lowest BCUT2D eigenvalue weighted by Crippen LogP contribution is -2.51. The zero-order valence-electron chi connectivity index (χ0n) is 12.5. The minimum absolute atomic E-state index is 0.145. The van der Waals surface area contributed by atoms with E-state index < -0.39 is 0 Å². The van der Waals surface area contributed by atoms with Gasteiger partial charge in [-0.25, -0.2) is 0 Å². The summed E-state index contributed by atoms with van der Waals surface area (Å²) in [7, 11) is 0. The van der Waals surface area contributed by atoms with E-state index in [1.165, 1.54) is 12.8 Å². The van der Waals surface area contributed by atoms with Crippen LogP contribution in [-0.4, -0.2) is 54.0 Å². The summed E-state index contributed by atoms with van der Waals surface area (Å²) in [6, 6.07) is 0.345. The summed E-state index contributed by atoms with van der Waals surface area (Å²) in [5.41, 5.74) is 6.01. The minimum Gasteiger partial charge on any atom is -0.341 e. The van der Waals surface area contributed by atoms with Gasteiger partial charge in [0, 0.05) is 19.1 Å². The van der Waals surface area contributed by atoms with Gasteiger partial charge in [0.05, 0.1) is 6.04 Å². The molecule has 0 spiro atoms. The third-order valence-electron chi connectivity index (χ3n) is 4.67. The average Bonchev–Trinajstić information content (AvgIpc) is 2.86. The second-order valence-electron chi connectivity index (χ2n) is 6.24. The highest BCUT2D eigenvalue weighted by atomic mass is 16.2. The molecule has 3 atom stereocenters. The second-order valence-corrected chi connectivity index (χ2v) is 6.24. The highest BCUT2D eigenvalue weighted by Gasteiger charge is 2.35. The summed E-state index contributed by atoms with van der Waals surface area (Å²) in [4.78, 5) is 17.1. The van der Waals surface area contributed by atoms with Crippen LogP contribution >= 0.6 is 0 Å². The molecule has 4 nitrogen and oxygen atoms in total. The summed E-state index contributed by atoms with van der Waals surface area (Å²) >= 11 is 0. The molecule has 0 saturated carbocycles. The van der Waals surface area contributed by atoms with Gasteiger partial charge in [0.2, 0.25) is 5.91 Å². The monoisotopic (exact) mass is 267 g/mol. The van der Waals surface area contributed by atoms with Crippen molar-refractivity contribution in [3.63, 3.8) is 0 Å². The zero-order valence-corrected chi connectivity index (χ0v) is 12.5. The zero-order chi connectivity index (χ0) is 13.8. The summed E-state index contributed by atoms with van der Waals surface area (Å²) in [6.07, 6.45) is 5.62. The molecule has 2 rings (SSSR count). The van der Waals surface area contributed by atoms with Crippen LogP contribution in [0.1, 0.15) is 46.0 Å². The average molecular weight is 267 g/mol. The molecule has 19 heavy (non-hydrogen) atoms. The van der Waals surface area contributed by atoms with Gasteiger partial charge in [-0.3, -0.25) is 9.69 Å². The van der Waals surface area contributed by atoms with Crippen molar-refractivity contribution >= 4 is 5.91 Å². The number of rotatable bonds is 4. The maximum Gasteiger partial charge on any atom is 0.239 e. The Morgan fingerprint density at radius 3 is 2.74 bits per heavy atom. The predicted octanol–water partition coefficient (Wildman–Crippen LogP) is 1.45. The van der Waals surface area contributed by atoms with Gasteiger partial charge in [-0.15, -0.1) is 0 Å². The molecule has 2 fully saturated rings. The van der Waals surface area contributed by atoms with E-state index in [1.54, 1.807) is 0 Å². The Labute approximate surface area is 117 Å². The maximum atomic E-state index is 12.7. The van der Waals surface area contributed by atoms with Crippen LogP contribution < -0.4 is 5.73 Å². The van der Waals surface area contributed by atoms with Crippen LogP contribution in [0.4, 0.5) is 0 Å². The normalized spacial score (nSPS) is 30.6. The van der Waals surface area contributed by atoms with Crippen LogP contribution in [0.5, 0.6) is 0 Å². The molecule has 110 valence electrons. The first-order valence-electron chi connectivity index (χ1n) is 7.92. The third kappa shape index (κ3) is 3.48. The van der Waals surface area contributed by atoms with Crippen molar-refractivity contribution in [2.75, 3.05) is 26.2 Å². The summed E-state index contributed by atoms with van der Waals surface area (Å²) in [5, 5.41) is 0. The molecule has 2 aliphatic heterocycles. The largest absolute Gasteiger partial charge is 0.341 e. The molecule has 0 bridgehead atoms. The van der Waals surface area contributed by atoms with Crippen molar-refractivity contribution in [2.24, 2.45) is 11.7 Å². The van der Waals surface area contributed by atoms with E-state index in [0.717, 1.165) is 45.4 Å². The molecule has 2 heterocycles. The number of carbonyl (C=O) groups is 1. The van der Waals surface area contributed by atoms with Gasteiger partial charge >= 0.3 is 0 Å². The SMILES string of the molecule is CCCN1CCC[C@@H]1C(=O)N1CCC[C@@H]([C@H](C)N)C1. The van der Waals surface area contributed by atoms with Gasteiger partial charge in [-0.05, 0) is 58.0 Å². The molecule has 4 heteroatoms. The van der Waals surface area contributed by atoms with Crippen LogP contribution in [0, 0.1) is 5.92 Å². The number of nitrogens with two attached hydrogens (primary N) is 1. The second kappa shape index (κ2) is 6.71. The van der Waals surface area contributed by atoms with Crippen LogP contribution in [0.25, 0.3) is 0 Å². The van der Waals surface area contributed by atoms with E-state index >= 15 is 0 Å². The van der Waals surface area contributed by atoms with E-state index in [4.69, 9.17) is 5.73 Å². The molecular formula is C15H29N3O. The van der Waals surface area contributed by atoms with Gasteiger partial charge in [0.1, 0.15) is 0 Å². The number of carbonyl (C=O) groups excluding carboxylic acids is 1. The summed E-state index contributed by atoms with van der Waals surface area (Å²) in [6.45, 7) is 8.20. The molecule has 2 N–H and O–H groups in total. The summed E-state index contributed by atoms with van der Waals surface area (Å²) < 4.78 is 0. The van der Waals surface area contributed by atoms with Crippen LogP contribution in [0.2, 0.25) is 0 Å². The van der Waals surface area contributed by atoms with Crippen LogP contribution in [-0.2, 0) is 4.79 Å². The van der Waals surface area contributed by atoms with Crippen molar-refractivity contribution in [1.82, 2.24) is 9.80 Å². The standard InChI is InChI=1S/C15H29N3O/c1-3-8-17-9-5-7-14(17)15(19)18-10-4-6-13(11-18)12(2)16/h12-14H,3-11,16H2,1-2H3/t12-,13+,14+/m0/s1. The molecule has 1 amide bonds. The first-order chi connectivity index (χ1) is 9.13. The Hall–Kier alpha value is -0.610. The van der Waals surface area contributed by atoms with Crippen molar-refractivity contribution in [1.29, 1.82) is 0 Å². The first-order valence-corrected chi connectivity index (χ1v) is 7.92. The van der Waals surface area contributed by atoms with Gasteiger partial charge in [0.15, 0.2) is 0 Å². The van der Waals surface area contributed by atoms with Crippen molar-refractivity contribution in [3.8, 4) is 0 Å². The Morgan fingerprint density at radius 1 is 1.32 bits per heavy atom. The Bertz CT molecular complexity index is 306. The number of piperidine rings is 1. The van der Waals surface area contributed by atoms with E-state index in [2.05, 4.69) is 23.6 Å². The van der Waals surface area contributed by atoms with E-state index in [0.29, 0.717) is 11.8 Å². The molecule has 0 aromatic heterocycles. The third-order valence-corrected chi connectivity index (χ3v) is 4.67. The molecule has 0 radical (unpaired) electrons. The van der Waals surface area contributed by atoms with Gasteiger partial charge in [-0.1, -0.05) is 6.92 Å². The highest BCUT2D eigenvalue weighted by molar-refractivity contribution is 5.82. The summed E-state index contributed by atoms with van der Waals surface area (Å²) in [5.74, 6) is 0.843. The van der Waals surface area contributed by atoms with Gasteiger partial charge in [-0.2, -0.15) is 0 Å². The van der Waals surface area contributed by atoms with Crippen molar-refractivity contribution in [3.05, 3.63) is 0 Å². The molecule has 0 unspecified atom stereocenters. The molecule has 2 aliphatic rings. The smallest absolute Gasteiger partial charge is 0.239 e. The number of likely N-dealkylation sites (tertiary alicyclic amines) is 2. The predicted molar refractivity (Wildman–Crippen MR) is 77.8 cm³/mol. The molecule has 0 aromatic rings. The molecular weight excluding hydrogens is 238 g/mol. The van der Waals surface area contributed by atoms with Gasteiger partial charge in [0.25, 0.3) is 0 Å². The lowest BCUT2D eigenvalue weighted by Gasteiger charge is -2.37. The number of hydrogen-bond acceptors (Lipinski definition) is 3. The van der Waals surface area contributed by atoms with Crippen LogP contribution in [0.15, 0.2) is 0 Å². The van der Waals surface area contributed by atoms with E-state index in [9.17, 15) is 4.79 Å². The molecule has 0 aromatic carbocycles. The Balaban J connectivity index is 1.94. The van der Waals surface area contributed by atoms with E-state index in [1.807, 2.05) is 0 Å². The highest BCUT2D eigenvalue weighted by Crippen LogP contribution is 2.24. The fraction of sp³-hybridized carbons (Fsp3) is 0.933. The van der Waals surface area contributed by atoms with E-state index in [-0.39, 0.29) is 12.1 Å². The lowest BCUT2D eigenvalue weighted by molar-refractivity contribution is -0.138. The number of nitrogens with zero attached hydrogens (tertiary/aromatic N) is 2. The Kier molecular flexibility index (Phi) is 5.22. The van der Waals surface area contributed by atoms with Crippen molar-refractivity contribution in [2.45, 2.75) is 58.0 Å². The van der Waals surface area contributed by atoms with Gasteiger partial charge < -0.3 is 10.6 Å².